The first-order valence-electron chi connectivity index (χ1n) is 7.36. The Morgan fingerprint density at radius 2 is 1.85 bits per heavy atom. The maximum atomic E-state index is 12.3. The van der Waals surface area contributed by atoms with Gasteiger partial charge in [0.2, 0.25) is 0 Å². The Morgan fingerprint density at radius 3 is 2.45 bits per heavy atom. The van der Waals surface area contributed by atoms with E-state index in [0.717, 1.165) is 36.8 Å². The number of ether oxygens (including phenoxy) is 1. The Kier molecular flexibility index (Phi) is 4.07. The summed E-state index contributed by atoms with van der Waals surface area (Å²) in [4.78, 5) is 12.3. The molecule has 0 atom stereocenters. The van der Waals surface area contributed by atoms with E-state index in [-0.39, 0.29) is 12.1 Å². The van der Waals surface area contributed by atoms with Crippen LogP contribution in [0.4, 0.5) is 5.69 Å². The summed E-state index contributed by atoms with van der Waals surface area (Å²) in [6.45, 7) is 8.45. The molecule has 1 fully saturated rings. The fourth-order valence-electron chi connectivity index (χ4n) is 2.80. The van der Waals surface area contributed by atoms with Gasteiger partial charge in [-0.1, -0.05) is 13.8 Å². The highest BCUT2D eigenvalue weighted by Crippen LogP contribution is 2.36. The van der Waals surface area contributed by atoms with Crippen molar-refractivity contribution in [1.29, 1.82) is 0 Å². The topological polar surface area (TPSA) is 52.3 Å². The molecule has 3 nitrogen and oxygen atoms in total. The fourth-order valence-corrected chi connectivity index (χ4v) is 2.80. The SMILES string of the molecule is Cc1cc(N)cc(C(=O)OC2CCC(C)(C)CC2)c1C. The number of carbonyl (C=O) groups is 1. The van der Waals surface area contributed by atoms with E-state index in [9.17, 15) is 4.79 Å². The van der Waals surface area contributed by atoms with Crippen molar-refractivity contribution in [1.82, 2.24) is 0 Å². The Hall–Kier alpha value is -1.51. The number of hydrogen-bond donors (Lipinski definition) is 1. The number of anilines is 1. The molecule has 110 valence electrons. The molecule has 0 radical (unpaired) electrons. The first kappa shape index (κ1) is 14.9. The lowest BCUT2D eigenvalue weighted by Crippen LogP contribution is -2.28. The molecule has 1 aliphatic rings. The Morgan fingerprint density at radius 1 is 1.25 bits per heavy atom. The van der Waals surface area contributed by atoms with E-state index in [4.69, 9.17) is 10.5 Å². The molecule has 0 saturated heterocycles. The summed E-state index contributed by atoms with van der Waals surface area (Å²) < 4.78 is 5.67. The number of esters is 1. The van der Waals surface area contributed by atoms with Crippen molar-refractivity contribution in [2.45, 2.75) is 59.5 Å². The van der Waals surface area contributed by atoms with Gasteiger partial charge in [0, 0.05) is 5.69 Å². The van der Waals surface area contributed by atoms with Crippen molar-refractivity contribution in [2.75, 3.05) is 5.73 Å². The van der Waals surface area contributed by atoms with Gasteiger partial charge < -0.3 is 10.5 Å². The molecule has 1 aromatic rings. The number of carbonyl (C=O) groups excluding carboxylic acids is 1. The summed E-state index contributed by atoms with van der Waals surface area (Å²) in [5.74, 6) is -0.234. The van der Waals surface area contributed by atoms with Crippen molar-refractivity contribution in [3.63, 3.8) is 0 Å². The second-order valence-electron chi connectivity index (χ2n) is 6.78. The first-order valence-corrected chi connectivity index (χ1v) is 7.36. The van der Waals surface area contributed by atoms with E-state index < -0.39 is 0 Å². The number of hydrogen-bond acceptors (Lipinski definition) is 3. The molecular weight excluding hydrogens is 250 g/mol. The average Bonchev–Trinajstić information content (AvgIpc) is 2.36. The normalized spacial score (nSPS) is 18.8. The zero-order valence-electron chi connectivity index (χ0n) is 13.0. The first-order chi connectivity index (χ1) is 9.28. The molecule has 2 rings (SSSR count). The number of nitrogens with two attached hydrogens (primary N) is 1. The van der Waals surface area contributed by atoms with Gasteiger partial charge in [0.05, 0.1) is 5.56 Å². The molecule has 1 aromatic carbocycles. The Balaban J connectivity index is 2.06. The van der Waals surface area contributed by atoms with Crippen molar-refractivity contribution in [3.8, 4) is 0 Å². The van der Waals surface area contributed by atoms with Crippen molar-refractivity contribution in [2.24, 2.45) is 5.41 Å². The van der Waals surface area contributed by atoms with Gasteiger partial charge in [0.15, 0.2) is 0 Å². The summed E-state index contributed by atoms with van der Waals surface area (Å²) in [5.41, 5.74) is 9.42. The molecule has 0 amide bonds. The van der Waals surface area contributed by atoms with E-state index >= 15 is 0 Å². The van der Waals surface area contributed by atoms with Gasteiger partial charge in [-0.15, -0.1) is 0 Å². The third kappa shape index (κ3) is 3.33. The van der Waals surface area contributed by atoms with Crippen LogP contribution in [0, 0.1) is 19.3 Å². The van der Waals surface area contributed by atoms with Crippen LogP contribution in [-0.4, -0.2) is 12.1 Å². The van der Waals surface area contributed by atoms with Crippen LogP contribution < -0.4 is 5.73 Å². The van der Waals surface area contributed by atoms with Crippen molar-refractivity contribution >= 4 is 11.7 Å². The molecule has 20 heavy (non-hydrogen) atoms. The fraction of sp³-hybridized carbons (Fsp3) is 0.588. The van der Waals surface area contributed by atoms with Gasteiger partial charge in [-0.05, 0) is 68.2 Å². The lowest BCUT2D eigenvalue weighted by Gasteiger charge is -2.33. The quantitative estimate of drug-likeness (QED) is 0.655. The van der Waals surface area contributed by atoms with Gasteiger partial charge in [0.1, 0.15) is 6.10 Å². The summed E-state index contributed by atoms with van der Waals surface area (Å²) in [6.07, 6.45) is 4.19. The van der Waals surface area contributed by atoms with E-state index in [1.807, 2.05) is 19.9 Å². The van der Waals surface area contributed by atoms with Gasteiger partial charge in [-0.3, -0.25) is 0 Å². The van der Waals surface area contributed by atoms with Crippen LogP contribution in [0.3, 0.4) is 0 Å². The Bertz CT molecular complexity index is 510. The smallest absolute Gasteiger partial charge is 0.338 e. The van der Waals surface area contributed by atoms with Crippen LogP contribution in [0.25, 0.3) is 0 Å². The molecule has 0 spiro atoms. The average molecular weight is 275 g/mol. The van der Waals surface area contributed by atoms with Gasteiger partial charge in [0.25, 0.3) is 0 Å². The summed E-state index contributed by atoms with van der Waals surface area (Å²) in [6, 6.07) is 3.60. The monoisotopic (exact) mass is 275 g/mol. The zero-order chi connectivity index (χ0) is 14.9. The maximum absolute atomic E-state index is 12.3. The number of nitrogen functional groups attached to an aromatic ring is 1. The van der Waals surface area contributed by atoms with Crippen LogP contribution in [-0.2, 0) is 4.74 Å². The van der Waals surface area contributed by atoms with E-state index in [1.54, 1.807) is 6.07 Å². The summed E-state index contributed by atoms with van der Waals surface area (Å²) >= 11 is 0. The standard InChI is InChI=1S/C17H25NO2/c1-11-9-13(18)10-15(12(11)2)16(19)20-14-5-7-17(3,4)8-6-14/h9-10,14H,5-8,18H2,1-4H3. The van der Waals surface area contributed by atoms with Crippen LogP contribution in [0.5, 0.6) is 0 Å². The molecule has 2 N–H and O–H groups in total. The molecule has 0 unspecified atom stereocenters. The maximum Gasteiger partial charge on any atom is 0.338 e. The van der Waals surface area contributed by atoms with Crippen LogP contribution in [0.2, 0.25) is 0 Å². The predicted molar refractivity (Wildman–Crippen MR) is 81.8 cm³/mol. The van der Waals surface area contributed by atoms with Gasteiger partial charge in [-0.2, -0.15) is 0 Å². The lowest BCUT2D eigenvalue weighted by molar-refractivity contribution is 0.00943. The lowest BCUT2D eigenvalue weighted by atomic mass is 9.76. The van der Waals surface area contributed by atoms with E-state index in [0.29, 0.717) is 16.7 Å². The van der Waals surface area contributed by atoms with E-state index in [1.165, 1.54) is 0 Å². The molecular formula is C17H25NO2. The second-order valence-corrected chi connectivity index (χ2v) is 6.78. The van der Waals surface area contributed by atoms with Crippen LogP contribution in [0.15, 0.2) is 12.1 Å². The summed E-state index contributed by atoms with van der Waals surface area (Å²) in [5, 5.41) is 0. The minimum absolute atomic E-state index is 0.0525. The number of aryl methyl sites for hydroxylation is 1. The molecule has 0 heterocycles. The minimum Gasteiger partial charge on any atom is -0.459 e. The molecule has 1 saturated carbocycles. The molecule has 0 aromatic heterocycles. The highest BCUT2D eigenvalue weighted by atomic mass is 16.5. The third-order valence-electron chi connectivity index (χ3n) is 4.47. The largest absolute Gasteiger partial charge is 0.459 e. The highest BCUT2D eigenvalue weighted by molar-refractivity contribution is 5.92. The van der Waals surface area contributed by atoms with Crippen molar-refractivity contribution in [3.05, 3.63) is 28.8 Å². The van der Waals surface area contributed by atoms with Gasteiger partial charge >= 0.3 is 5.97 Å². The zero-order valence-corrected chi connectivity index (χ0v) is 13.0. The number of rotatable bonds is 2. The minimum atomic E-state index is -0.234. The third-order valence-corrected chi connectivity index (χ3v) is 4.47. The summed E-state index contributed by atoms with van der Waals surface area (Å²) in [7, 11) is 0. The van der Waals surface area contributed by atoms with Crippen LogP contribution in [0.1, 0.15) is 61.0 Å². The molecule has 0 bridgehead atoms. The second kappa shape index (κ2) is 5.47. The number of benzene rings is 1. The van der Waals surface area contributed by atoms with E-state index in [2.05, 4.69) is 13.8 Å². The molecule has 0 aliphatic heterocycles. The molecule has 3 heteroatoms. The highest BCUT2D eigenvalue weighted by Gasteiger charge is 2.29. The van der Waals surface area contributed by atoms with Crippen molar-refractivity contribution < 1.29 is 9.53 Å². The van der Waals surface area contributed by atoms with Gasteiger partial charge in [-0.25, -0.2) is 4.79 Å². The van der Waals surface area contributed by atoms with Crippen LogP contribution >= 0.6 is 0 Å². The Labute approximate surface area is 121 Å². The predicted octanol–water partition coefficient (Wildman–Crippen LogP) is 4.01. The molecule has 1 aliphatic carbocycles.